The van der Waals surface area contributed by atoms with Gasteiger partial charge in [0.05, 0.1) is 0 Å². The molecule has 1 atom stereocenters. The highest BCUT2D eigenvalue weighted by Gasteiger charge is 2.19. The van der Waals surface area contributed by atoms with E-state index >= 15 is 0 Å². The number of hydrogen-bond donors (Lipinski definition) is 2. The van der Waals surface area contributed by atoms with E-state index in [9.17, 15) is 9.59 Å². The van der Waals surface area contributed by atoms with Crippen LogP contribution in [0.5, 0.6) is 0 Å². The van der Waals surface area contributed by atoms with Crippen LogP contribution in [0, 0.1) is 5.92 Å². The number of carbonyl (C=O) groups is 2. The van der Waals surface area contributed by atoms with E-state index in [0.717, 1.165) is 0 Å². The Morgan fingerprint density at radius 3 is 2.11 bits per heavy atom. The zero-order valence-corrected chi connectivity index (χ0v) is 5.89. The van der Waals surface area contributed by atoms with E-state index in [4.69, 9.17) is 5.11 Å². The van der Waals surface area contributed by atoms with Gasteiger partial charge in [-0.1, -0.05) is 0 Å². The van der Waals surface area contributed by atoms with Gasteiger partial charge in [0, 0.05) is 5.75 Å². The average molecular weight is 148 g/mol. The molecule has 0 amide bonds. The number of carboxylic acids is 1. The van der Waals surface area contributed by atoms with E-state index in [1.54, 1.807) is 0 Å². The largest absolute Gasteiger partial charge is 0.481 e. The molecular formula is C5H8O3S. The number of rotatable bonds is 3. The number of ketones is 1. The van der Waals surface area contributed by atoms with Gasteiger partial charge < -0.3 is 5.11 Å². The molecule has 1 N–H and O–H groups in total. The molecular weight excluding hydrogens is 140 g/mol. The molecule has 0 aromatic heterocycles. The van der Waals surface area contributed by atoms with E-state index in [1.807, 2.05) is 0 Å². The molecule has 4 heteroatoms. The lowest BCUT2D eigenvalue weighted by atomic mass is 10.1. The van der Waals surface area contributed by atoms with Crippen molar-refractivity contribution in [2.75, 3.05) is 5.75 Å². The number of thiol groups is 1. The van der Waals surface area contributed by atoms with Gasteiger partial charge in [0.1, 0.15) is 11.7 Å². The van der Waals surface area contributed by atoms with Crippen LogP contribution < -0.4 is 0 Å². The van der Waals surface area contributed by atoms with Crippen LogP contribution in [0.4, 0.5) is 0 Å². The van der Waals surface area contributed by atoms with Crippen LogP contribution in [0.1, 0.15) is 6.92 Å². The van der Waals surface area contributed by atoms with Gasteiger partial charge in [0.15, 0.2) is 0 Å². The van der Waals surface area contributed by atoms with E-state index in [-0.39, 0.29) is 11.5 Å². The monoisotopic (exact) mass is 148 g/mol. The van der Waals surface area contributed by atoms with Crippen LogP contribution in [0.3, 0.4) is 0 Å². The van der Waals surface area contributed by atoms with Gasteiger partial charge in [0.25, 0.3) is 0 Å². The Morgan fingerprint density at radius 1 is 1.67 bits per heavy atom. The first kappa shape index (κ1) is 8.49. The minimum atomic E-state index is -1.10. The van der Waals surface area contributed by atoms with E-state index in [0.29, 0.717) is 0 Å². The van der Waals surface area contributed by atoms with Crippen molar-refractivity contribution in [3.05, 3.63) is 0 Å². The molecule has 0 bridgehead atoms. The second-order valence-electron chi connectivity index (χ2n) is 1.68. The first-order valence-corrected chi connectivity index (χ1v) is 3.07. The molecule has 0 unspecified atom stereocenters. The maximum atomic E-state index is 10.4. The van der Waals surface area contributed by atoms with E-state index in [1.165, 1.54) is 6.92 Å². The fourth-order valence-electron chi connectivity index (χ4n) is 0.381. The van der Waals surface area contributed by atoms with Crippen LogP contribution in [-0.4, -0.2) is 22.6 Å². The van der Waals surface area contributed by atoms with Gasteiger partial charge in [-0.3, -0.25) is 9.59 Å². The average Bonchev–Trinajstić information content (AvgIpc) is 1.64. The highest BCUT2D eigenvalue weighted by molar-refractivity contribution is 7.80. The number of Topliss-reactive ketones (excluding diaryl/α,β-unsaturated/α-hetero) is 1. The van der Waals surface area contributed by atoms with Crippen molar-refractivity contribution < 1.29 is 14.7 Å². The number of hydrogen-bond acceptors (Lipinski definition) is 3. The Balaban J connectivity index is 3.99. The van der Waals surface area contributed by atoms with Crippen molar-refractivity contribution in [3.8, 4) is 0 Å². The zero-order valence-electron chi connectivity index (χ0n) is 5.00. The van der Waals surface area contributed by atoms with Gasteiger partial charge in [-0.15, -0.1) is 0 Å². The highest BCUT2D eigenvalue weighted by Crippen LogP contribution is 1.99. The van der Waals surface area contributed by atoms with Crippen molar-refractivity contribution in [1.82, 2.24) is 0 Å². The Kier molecular flexibility index (Phi) is 3.30. The second-order valence-corrected chi connectivity index (χ2v) is 2.05. The Labute approximate surface area is 58.5 Å². The quantitative estimate of drug-likeness (QED) is 0.444. The third-order valence-electron chi connectivity index (χ3n) is 0.971. The summed E-state index contributed by atoms with van der Waals surface area (Å²) in [5.41, 5.74) is 0. The molecule has 0 saturated carbocycles. The molecule has 0 heterocycles. The van der Waals surface area contributed by atoms with E-state index < -0.39 is 11.9 Å². The molecule has 0 spiro atoms. The molecule has 0 radical (unpaired) electrons. The molecule has 0 aliphatic heterocycles. The first-order chi connectivity index (χ1) is 4.09. The number of carbonyl (C=O) groups excluding carboxylic acids is 1. The molecule has 0 aliphatic carbocycles. The molecule has 0 aromatic rings. The summed E-state index contributed by atoms with van der Waals surface area (Å²) in [6.07, 6.45) is 0. The Bertz CT molecular complexity index is 118. The standard InChI is InChI=1S/C5H8O3S/c1-3(6)4(2-9)5(7)8/h4,9H,2H2,1H3,(H,7,8)/t4-/m1/s1. The summed E-state index contributed by atoms with van der Waals surface area (Å²) in [6.45, 7) is 1.25. The van der Waals surface area contributed by atoms with Crippen LogP contribution >= 0.6 is 12.6 Å². The molecule has 0 fully saturated rings. The van der Waals surface area contributed by atoms with E-state index in [2.05, 4.69) is 12.6 Å². The first-order valence-electron chi connectivity index (χ1n) is 2.43. The van der Waals surface area contributed by atoms with Crippen LogP contribution in [0.25, 0.3) is 0 Å². The predicted octanol–water partition coefficient (Wildman–Crippen LogP) is 0.206. The van der Waals surface area contributed by atoms with Crippen LogP contribution in [-0.2, 0) is 9.59 Å². The predicted molar refractivity (Wildman–Crippen MR) is 35.7 cm³/mol. The van der Waals surface area contributed by atoms with Gasteiger partial charge >= 0.3 is 5.97 Å². The van der Waals surface area contributed by atoms with Crippen molar-refractivity contribution in [1.29, 1.82) is 0 Å². The maximum absolute atomic E-state index is 10.4. The summed E-state index contributed by atoms with van der Waals surface area (Å²) in [5, 5.41) is 8.27. The highest BCUT2D eigenvalue weighted by atomic mass is 32.1. The lowest BCUT2D eigenvalue weighted by molar-refractivity contribution is -0.144. The molecule has 0 aliphatic rings. The van der Waals surface area contributed by atoms with Gasteiger partial charge in [-0.05, 0) is 6.92 Å². The fraction of sp³-hybridized carbons (Fsp3) is 0.600. The Morgan fingerprint density at radius 2 is 2.11 bits per heavy atom. The molecule has 0 aromatic carbocycles. The molecule has 0 rings (SSSR count). The molecule has 9 heavy (non-hydrogen) atoms. The topological polar surface area (TPSA) is 54.4 Å². The third kappa shape index (κ3) is 2.51. The summed E-state index contributed by atoms with van der Waals surface area (Å²) in [7, 11) is 0. The molecule has 52 valence electrons. The van der Waals surface area contributed by atoms with Crippen molar-refractivity contribution in [2.45, 2.75) is 6.92 Å². The van der Waals surface area contributed by atoms with Gasteiger partial charge in [0.2, 0.25) is 0 Å². The fourth-order valence-corrected chi connectivity index (χ4v) is 0.794. The van der Waals surface area contributed by atoms with Crippen LogP contribution in [0.2, 0.25) is 0 Å². The maximum Gasteiger partial charge on any atom is 0.314 e. The Hall–Kier alpha value is -0.510. The van der Waals surface area contributed by atoms with Crippen LogP contribution in [0.15, 0.2) is 0 Å². The van der Waals surface area contributed by atoms with Gasteiger partial charge in [-0.25, -0.2) is 0 Å². The smallest absolute Gasteiger partial charge is 0.314 e. The summed E-state index contributed by atoms with van der Waals surface area (Å²) in [5.74, 6) is -2.31. The second kappa shape index (κ2) is 3.50. The number of carboxylic acid groups (broad SMARTS) is 1. The SMILES string of the molecule is CC(=O)[C@@H](CS)C(=O)O. The molecule has 0 saturated heterocycles. The van der Waals surface area contributed by atoms with Gasteiger partial charge in [-0.2, -0.15) is 12.6 Å². The minimum Gasteiger partial charge on any atom is -0.481 e. The van der Waals surface area contributed by atoms with Crippen molar-refractivity contribution in [3.63, 3.8) is 0 Å². The summed E-state index contributed by atoms with van der Waals surface area (Å²) in [6, 6.07) is 0. The minimum absolute atomic E-state index is 0.0741. The van der Waals surface area contributed by atoms with Crippen molar-refractivity contribution >= 4 is 24.4 Å². The summed E-state index contributed by atoms with van der Waals surface area (Å²) < 4.78 is 0. The lowest BCUT2D eigenvalue weighted by Gasteiger charge is -2.01. The number of aliphatic carboxylic acids is 1. The third-order valence-corrected chi connectivity index (χ3v) is 1.34. The van der Waals surface area contributed by atoms with Crippen molar-refractivity contribution in [2.24, 2.45) is 5.92 Å². The zero-order chi connectivity index (χ0) is 7.44. The molecule has 3 nitrogen and oxygen atoms in total. The normalized spacial score (nSPS) is 12.7. The lowest BCUT2D eigenvalue weighted by Crippen LogP contribution is -2.22. The summed E-state index contributed by atoms with van der Waals surface area (Å²) >= 11 is 3.69. The summed E-state index contributed by atoms with van der Waals surface area (Å²) in [4.78, 5) is 20.5.